The van der Waals surface area contributed by atoms with E-state index in [-0.39, 0.29) is 5.92 Å². The van der Waals surface area contributed by atoms with E-state index in [1.807, 2.05) is 30.3 Å². The highest BCUT2D eigenvalue weighted by Crippen LogP contribution is 2.38. The molecule has 1 fully saturated rings. The fourth-order valence-corrected chi connectivity index (χ4v) is 3.24. The minimum atomic E-state index is -0.754. The van der Waals surface area contributed by atoms with Crippen molar-refractivity contribution in [3.63, 3.8) is 0 Å². The van der Waals surface area contributed by atoms with E-state index in [1.165, 1.54) is 0 Å². The molecule has 0 aromatic heterocycles. The van der Waals surface area contributed by atoms with Gasteiger partial charge in [0.2, 0.25) is 0 Å². The molecule has 1 aromatic rings. The molecule has 0 radical (unpaired) electrons. The van der Waals surface area contributed by atoms with Crippen LogP contribution in [0.4, 0.5) is 0 Å². The minimum Gasteiger partial charge on any atom is -0.494 e. The summed E-state index contributed by atoms with van der Waals surface area (Å²) in [5.74, 6) is 0.279. The Morgan fingerprint density at radius 2 is 2.19 bits per heavy atom. The van der Waals surface area contributed by atoms with Gasteiger partial charge < -0.3 is 15.2 Å². The number of para-hydroxylation sites is 1. The highest BCUT2D eigenvalue weighted by atomic mass is 16.5. The molecular weight excluding hydrogens is 266 g/mol. The van der Waals surface area contributed by atoms with Gasteiger partial charge in [-0.3, -0.25) is 4.79 Å². The molecule has 0 saturated heterocycles. The van der Waals surface area contributed by atoms with Crippen molar-refractivity contribution in [1.29, 1.82) is 0 Å². The summed E-state index contributed by atoms with van der Waals surface area (Å²) < 4.78 is 5.72. The molecule has 21 heavy (non-hydrogen) atoms. The molecule has 1 aliphatic carbocycles. The third-order valence-corrected chi connectivity index (χ3v) is 4.37. The quantitative estimate of drug-likeness (QED) is 0.773. The van der Waals surface area contributed by atoms with Gasteiger partial charge in [0.25, 0.3) is 0 Å². The molecule has 1 aromatic carbocycles. The first-order valence-electron chi connectivity index (χ1n) is 7.85. The van der Waals surface area contributed by atoms with Gasteiger partial charge in [-0.05, 0) is 50.3 Å². The Morgan fingerprint density at radius 1 is 1.43 bits per heavy atom. The van der Waals surface area contributed by atoms with Crippen molar-refractivity contribution in [3.05, 3.63) is 30.3 Å². The van der Waals surface area contributed by atoms with Crippen LogP contribution in [0, 0.1) is 5.92 Å². The molecule has 0 amide bonds. The minimum absolute atomic E-state index is 0.144. The summed E-state index contributed by atoms with van der Waals surface area (Å²) in [4.78, 5) is 11.8. The van der Waals surface area contributed by atoms with E-state index in [9.17, 15) is 9.90 Å². The summed E-state index contributed by atoms with van der Waals surface area (Å²) in [5, 5.41) is 13.0. The van der Waals surface area contributed by atoms with Gasteiger partial charge in [0.05, 0.1) is 6.61 Å². The number of benzene rings is 1. The Bertz CT molecular complexity index is 449. The summed E-state index contributed by atoms with van der Waals surface area (Å²) in [7, 11) is 0. The SMILES string of the molecule is CCCNC1(C(=O)O)CCCC1CCOc1ccccc1. The lowest BCUT2D eigenvalue weighted by atomic mass is 9.84. The summed E-state index contributed by atoms with van der Waals surface area (Å²) >= 11 is 0. The molecule has 0 aliphatic heterocycles. The number of carboxylic acids is 1. The van der Waals surface area contributed by atoms with Gasteiger partial charge in [0.1, 0.15) is 11.3 Å². The van der Waals surface area contributed by atoms with E-state index in [4.69, 9.17) is 4.74 Å². The van der Waals surface area contributed by atoms with Crippen LogP contribution in [-0.2, 0) is 4.79 Å². The second-order valence-corrected chi connectivity index (χ2v) is 5.74. The van der Waals surface area contributed by atoms with Crippen molar-refractivity contribution in [2.45, 2.75) is 44.6 Å². The van der Waals surface area contributed by atoms with Crippen LogP contribution in [0.5, 0.6) is 5.75 Å². The number of rotatable bonds is 8. The second-order valence-electron chi connectivity index (χ2n) is 5.74. The number of carbonyl (C=O) groups is 1. The number of hydrogen-bond acceptors (Lipinski definition) is 3. The smallest absolute Gasteiger partial charge is 0.324 e. The highest BCUT2D eigenvalue weighted by molar-refractivity contribution is 5.79. The third-order valence-electron chi connectivity index (χ3n) is 4.37. The van der Waals surface area contributed by atoms with Crippen molar-refractivity contribution in [1.82, 2.24) is 5.32 Å². The van der Waals surface area contributed by atoms with Crippen LogP contribution >= 0.6 is 0 Å². The van der Waals surface area contributed by atoms with Crippen LogP contribution in [0.1, 0.15) is 39.0 Å². The molecule has 2 unspecified atom stereocenters. The number of ether oxygens (including phenoxy) is 1. The predicted molar refractivity (Wildman–Crippen MR) is 82.6 cm³/mol. The second kappa shape index (κ2) is 7.46. The van der Waals surface area contributed by atoms with Crippen molar-refractivity contribution < 1.29 is 14.6 Å². The molecular formula is C17H25NO3. The van der Waals surface area contributed by atoms with Crippen molar-refractivity contribution in [2.75, 3.05) is 13.2 Å². The van der Waals surface area contributed by atoms with E-state index in [0.717, 1.165) is 44.4 Å². The predicted octanol–water partition coefficient (Wildman–Crippen LogP) is 3.08. The Labute approximate surface area is 126 Å². The van der Waals surface area contributed by atoms with Crippen LogP contribution in [0.2, 0.25) is 0 Å². The van der Waals surface area contributed by atoms with Crippen LogP contribution in [0.15, 0.2) is 30.3 Å². The van der Waals surface area contributed by atoms with E-state index in [2.05, 4.69) is 12.2 Å². The van der Waals surface area contributed by atoms with Crippen molar-refractivity contribution >= 4 is 5.97 Å². The van der Waals surface area contributed by atoms with E-state index in [1.54, 1.807) is 0 Å². The highest BCUT2D eigenvalue weighted by Gasteiger charge is 2.48. The number of hydrogen-bond donors (Lipinski definition) is 2. The zero-order chi connectivity index (χ0) is 15.1. The first kappa shape index (κ1) is 15.8. The molecule has 2 atom stereocenters. The zero-order valence-electron chi connectivity index (χ0n) is 12.7. The lowest BCUT2D eigenvalue weighted by Gasteiger charge is -2.32. The first-order chi connectivity index (χ1) is 10.2. The summed E-state index contributed by atoms with van der Waals surface area (Å²) in [6, 6.07) is 9.68. The van der Waals surface area contributed by atoms with Gasteiger partial charge in [0.15, 0.2) is 0 Å². The average molecular weight is 291 g/mol. The fourth-order valence-electron chi connectivity index (χ4n) is 3.24. The zero-order valence-corrected chi connectivity index (χ0v) is 12.7. The maximum atomic E-state index is 11.8. The standard InChI is InChI=1S/C17H25NO3/c1-2-12-18-17(16(19)20)11-6-7-14(17)10-13-21-15-8-4-3-5-9-15/h3-5,8-9,14,18H,2,6-7,10-13H2,1H3,(H,19,20). The molecule has 4 nitrogen and oxygen atoms in total. The topological polar surface area (TPSA) is 58.6 Å². The van der Waals surface area contributed by atoms with Gasteiger partial charge in [-0.1, -0.05) is 31.5 Å². The van der Waals surface area contributed by atoms with Crippen LogP contribution < -0.4 is 10.1 Å². The fraction of sp³-hybridized carbons (Fsp3) is 0.588. The third kappa shape index (κ3) is 3.76. The Hall–Kier alpha value is -1.55. The number of nitrogens with one attached hydrogen (secondary N) is 1. The summed E-state index contributed by atoms with van der Waals surface area (Å²) in [6.45, 7) is 3.38. The Morgan fingerprint density at radius 3 is 2.86 bits per heavy atom. The lowest BCUT2D eigenvalue weighted by molar-refractivity contribution is -0.146. The van der Waals surface area contributed by atoms with Crippen molar-refractivity contribution in [3.8, 4) is 5.75 Å². The first-order valence-corrected chi connectivity index (χ1v) is 7.85. The largest absolute Gasteiger partial charge is 0.494 e. The molecule has 0 heterocycles. The maximum Gasteiger partial charge on any atom is 0.324 e. The average Bonchev–Trinajstić information content (AvgIpc) is 2.90. The van der Waals surface area contributed by atoms with Crippen LogP contribution in [0.25, 0.3) is 0 Å². The lowest BCUT2D eigenvalue weighted by Crippen LogP contribution is -2.55. The molecule has 0 bridgehead atoms. The molecule has 1 saturated carbocycles. The van der Waals surface area contributed by atoms with Crippen LogP contribution in [-0.4, -0.2) is 29.8 Å². The van der Waals surface area contributed by atoms with Crippen LogP contribution in [0.3, 0.4) is 0 Å². The Kier molecular flexibility index (Phi) is 5.62. The van der Waals surface area contributed by atoms with E-state index < -0.39 is 11.5 Å². The summed E-state index contributed by atoms with van der Waals surface area (Å²) in [6.07, 6.45) is 4.37. The van der Waals surface area contributed by atoms with Gasteiger partial charge in [0, 0.05) is 0 Å². The number of aliphatic carboxylic acids is 1. The van der Waals surface area contributed by atoms with Gasteiger partial charge in [-0.2, -0.15) is 0 Å². The summed E-state index contributed by atoms with van der Waals surface area (Å²) in [5.41, 5.74) is -0.754. The van der Waals surface area contributed by atoms with Crippen molar-refractivity contribution in [2.24, 2.45) is 5.92 Å². The monoisotopic (exact) mass is 291 g/mol. The molecule has 1 aliphatic rings. The van der Waals surface area contributed by atoms with Gasteiger partial charge in [-0.15, -0.1) is 0 Å². The van der Waals surface area contributed by atoms with E-state index in [0.29, 0.717) is 6.61 Å². The molecule has 2 N–H and O–H groups in total. The van der Waals surface area contributed by atoms with Gasteiger partial charge in [-0.25, -0.2) is 0 Å². The number of carboxylic acid groups (broad SMARTS) is 1. The molecule has 2 rings (SSSR count). The van der Waals surface area contributed by atoms with E-state index >= 15 is 0 Å². The maximum absolute atomic E-state index is 11.8. The van der Waals surface area contributed by atoms with Gasteiger partial charge >= 0.3 is 5.97 Å². The molecule has 116 valence electrons. The normalized spacial score (nSPS) is 24.9. The Balaban J connectivity index is 1.92. The molecule has 0 spiro atoms. The molecule has 4 heteroatoms.